The van der Waals surface area contributed by atoms with Crippen LogP contribution in [0.4, 0.5) is 0 Å². The minimum absolute atomic E-state index is 0. The van der Waals surface area contributed by atoms with E-state index < -0.39 is 10.0 Å². The average Bonchev–Trinajstić information content (AvgIpc) is 2.87. The number of benzene rings is 1. The highest BCUT2D eigenvalue weighted by Gasteiger charge is 2.33. The van der Waals surface area contributed by atoms with E-state index in [0.29, 0.717) is 17.7 Å². The number of halogens is 1. The van der Waals surface area contributed by atoms with Crippen molar-refractivity contribution in [3.63, 3.8) is 0 Å². The molecule has 0 spiro atoms. The van der Waals surface area contributed by atoms with Crippen LogP contribution in [0.2, 0.25) is 0 Å². The molecule has 8 heteroatoms. The average molecular weight is 348 g/mol. The summed E-state index contributed by atoms with van der Waals surface area (Å²) in [6, 6.07) is 6.41. The molecule has 1 saturated carbocycles. The van der Waals surface area contributed by atoms with Gasteiger partial charge in [0.25, 0.3) is 5.91 Å². The van der Waals surface area contributed by atoms with Gasteiger partial charge in [-0.25, -0.2) is 13.6 Å². The Morgan fingerprint density at radius 3 is 2.18 bits per heavy atom. The molecule has 124 valence electrons. The molecule has 1 aliphatic rings. The lowest BCUT2D eigenvalue weighted by Gasteiger charge is -2.28. The molecule has 2 rings (SSSR count). The Morgan fingerprint density at radius 2 is 1.73 bits per heavy atom. The van der Waals surface area contributed by atoms with E-state index in [1.54, 1.807) is 24.3 Å². The Morgan fingerprint density at radius 1 is 1.18 bits per heavy atom. The van der Waals surface area contributed by atoms with E-state index in [1.807, 2.05) is 0 Å². The molecule has 5 N–H and O–H groups in total. The Balaban J connectivity index is 0.00000242. The Labute approximate surface area is 137 Å². The first-order chi connectivity index (χ1) is 9.84. The molecule has 1 aromatic rings. The summed E-state index contributed by atoms with van der Waals surface area (Å²) in [5.74, 6) is -0.411. The lowest BCUT2D eigenvalue weighted by atomic mass is 9.97. The number of primary sulfonamides is 1. The van der Waals surface area contributed by atoms with E-state index in [-0.39, 0.29) is 29.6 Å². The van der Waals surface area contributed by atoms with Crippen LogP contribution in [0.25, 0.3) is 0 Å². The van der Waals surface area contributed by atoms with Crippen LogP contribution in [0.5, 0.6) is 0 Å². The lowest BCUT2D eigenvalue weighted by molar-refractivity contribution is 0.0903. The first-order valence-corrected chi connectivity index (χ1v) is 8.67. The van der Waals surface area contributed by atoms with E-state index in [4.69, 9.17) is 10.9 Å². The van der Waals surface area contributed by atoms with E-state index in [9.17, 15) is 13.2 Å². The van der Waals surface area contributed by atoms with Gasteiger partial charge in [-0.05, 0) is 30.5 Å². The van der Waals surface area contributed by atoms with Gasteiger partial charge in [0.15, 0.2) is 0 Å². The Bertz CT molecular complexity index is 611. The zero-order chi connectivity index (χ0) is 15.5. The second-order valence-corrected chi connectivity index (χ2v) is 7.26. The van der Waals surface area contributed by atoms with Gasteiger partial charge in [-0.3, -0.25) is 4.79 Å². The van der Waals surface area contributed by atoms with Crippen molar-refractivity contribution in [1.29, 1.82) is 0 Å². The predicted octanol–water partition coefficient (Wildman–Crippen LogP) is 0.898. The molecule has 6 nitrogen and oxygen atoms in total. The number of nitrogens with one attached hydrogen (secondary N) is 1. The Hall–Kier alpha value is -1.15. The van der Waals surface area contributed by atoms with Gasteiger partial charge in [0.05, 0.1) is 11.3 Å². The molecular weight excluding hydrogens is 326 g/mol. The molecule has 1 fully saturated rings. The van der Waals surface area contributed by atoms with Crippen molar-refractivity contribution < 1.29 is 13.2 Å². The van der Waals surface area contributed by atoms with Gasteiger partial charge in [-0.2, -0.15) is 0 Å². The van der Waals surface area contributed by atoms with Gasteiger partial charge in [-0.15, -0.1) is 12.4 Å². The maximum atomic E-state index is 12.3. The van der Waals surface area contributed by atoms with Gasteiger partial charge in [-0.1, -0.05) is 25.0 Å². The fraction of sp³-hybridized carbons (Fsp3) is 0.500. The van der Waals surface area contributed by atoms with Crippen LogP contribution in [-0.2, 0) is 15.8 Å². The normalized spacial score (nSPS) is 16.8. The quantitative estimate of drug-likeness (QED) is 0.733. The van der Waals surface area contributed by atoms with Gasteiger partial charge in [0, 0.05) is 12.1 Å². The third kappa shape index (κ3) is 4.95. The second kappa shape index (κ2) is 7.41. The summed E-state index contributed by atoms with van der Waals surface area (Å²) >= 11 is 0. The van der Waals surface area contributed by atoms with Crippen LogP contribution in [0.15, 0.2) is 24.3 Å². The second-order valence-electron chi connectivity index (χ2n) is 5.65. The number of rotatable bonds is 5. The summed E-state index contributed by atoms with van der Waals surface area (Å²) < 4.78 is 22.0. The van der Waals surface area contributed by atoms with Crippen molar-refractivity contribution in [2.75, 3.05) is 6.54 Å². The van der Waals surface area contributed by atoms with Crippen LogP contribution >= 0.6 is 12.4 Å². The van der Waals surface area contributed by atoms with Gasteiger partial charge >= 0.3 is 0 Å². The minimum Gasteiger partial charge on any atom is -0.345 e. The number of nitrogens with two attached hydrogens (primary N) is 2. The fourth-order valence-corrected chi connectivity index (χ4v) is 3.39. The molecule has 0 heterocycles. The van der Waals surface area contributed by atoms with Crippen molar-refractivity contribution >= 4 is 28.3 Å². The summed E-state index contributed by atoms with van der Waals surface area (Å²) in [5, 5.41) is 8.01. The SMILES string of the molecule is Cl.NCC1(NC(=O)c2ccc(CS(N)(=O)=O)cc2)CCCC1. The van der Waals surface area contributed by atoms with E-state index >= 15 is 0 Å². The van der Waals surface area contributed by atoms with Crippen molar-refractivity contribution in [2.24, 2.45) is 10.9 Å². The van der Waals surface area contributed by atoms with Crippen LogP contribution in [0, 0.1) is 0 Å². The van der Waals surface area contributed by atoms with Crippen LogP contribution in [0.3, 0.4) is 0 Å². The third-order valence-electron chi connectivity index (χ3n) is 3.91. The predicted molar refractivity (Wildman–Crippen MR) is 88.2 cm³/mol. The fourth-order valence-electron chi connectivity index (χ4n) is 2.73. The maximum absolute atomic E-state index is 12.3. The van der Waals surface area contributed by atoms with Crippen molar-refractivity contribution in [3.05, 3.63) is 35.4 Å². The van der Waals surface area contributed by atoms with Crippen molar-refractivity contribution in [2.45, 2.75) is 37.0 Å². The number of hydrogen-bond acceptors (Lipinski definition) is 4. The molecular formula is C14H22ClN3O3S. The molecule has 0 saturated heterocycles. The number of amides is 1. The van der Waals surface area contributed by atoms with Gasteiger partial charge in [0.1, 0.15) is 0 Å². The molecule has 0 atom stereocenters. The standard InChI is InChI=1S/C14H21N3O3S.ClH/c15-10-14(7-1-2-8-14)17-13(18)12-5-3-11(4-6-12)9-21(16,19)20;/h3-6H,1-2,7-10,15H2,(H,17,18)(H2,16,19,20);1H. The van der Waals surface area contributed by atoms with Crippen LogP contribution in [0.1, 0.15) is 41.6 Å². The highest BCUT2D eigenvalue weighted by molar-refractivity contribution is 7.88. The maximum Gasteiger partial charge on any atom is 0.251 e. The smallest absolute Gasteiger partial charge is 0.251 e. The molecule has 1 aliphatic carbocycles. The molecule has 22 heavy (non-hydrogen) atoms. The van der Waals surface area contributed by atoms with Crippen molar-refractivity contribution in [1.82, 2.24) is 5.32 Å². The summed E-state index contributed by atoms with van der Waals surface area (Å²) in [5.41, 5.74) is 6.55. The topological polar surface area (TPSA) is 115 Å². The summed E-state index contributed by atoms with van der Waals surface area (Å²) in [7, 11) is -3.56. The molecule has 0 bridgehead atoms. The molecule has 1 amide bonds. The van der Waals surface area contributed by atoms with Crippen LogP contribution < -0.4 is 16.2 Å². The number of carbonyl (C=O) groups is 1. The zero-order valence-corrected chi connectivity index (χ0v) is 13.9. The summed E-state index contributed by atoms with van der Waals surface area (Å²) in [6.45, 7) is 0.433. The van der Waals surface area contributed by atoms with E-state index in [2.05, 4.69) is 5.32 Å². The van der Waals surface area contributed by atoms with E-state index in [1.165, 1.54) is 0 Å². The Kier molecular flexibility index (Phi) is 6.37. The molecule has 0 aliphatic heterocycles. The minimum atomic E-state index is -3.56. The van der Waals surface area contributed by atoms with E-state index in [0.717, 1.165) is 25.7 Å². The molecule has 0 radical (unpaired) electrons. The monoisotopic (exact) mass is 347 g/mol. The molecule has 0 aromatic heterocycles. The first-order valence-electron chi connectivity index (χ1n) is 6.96. The largest absolute Gasteiger partial charge is 0.345 e. The highest BCUT2D eigenvalue weighted by atomic mass is 35.5. The van der Waals surface area contributed by atoms with Crippen LogP contribution in [-0.4, -0.2) is 26.4 Å². The zero-order valence-electron chi connectivity index (χ0n) is 12.2. The number of sulfonamides is 1. The van der Waals surface area contributed by atoms with Gasteiger partial charge in [0.2, 0.25) is 10.0 Å². The number of hydrogen-bond donors (Lipinski definition) is 3. The third-order valence-corrected chi connectivity index (χ3v) is 4.65. The van der Waals surface area contributed by atoms with Crippen molar-refractivity contribution in [3.8, 4) is 0 Å². The van der Waals surface area contributed by atoms with Gasteiger partial charge < -0.3 is 11.1 Å². The summed E-state index contributed by atoms with van der Waals surface area (Å²) in [6.07, 6.45) is 3.95. The lowest BCUT2D eigenvalue weighted by Crippen LogP contribution is -2.51. The molecule has 1 aromatic carbocycles. The first kappa shape index (κ1) is 18.9. The summed E-state index contributed by atoms with van der Waals surface area (Å²) in [4.78, 5) is 12.3. The number of carbonyl (C=O) groups excluding carboxylic acids is 1. The highest BCUT2D eigenvalue weighted by Crippen LogP contribution is 2.28. The molecule has 0 unspecified atom stereocenters.